The number of amides is 1. The molecular weight excluding hydrogens is 218 g/mol. The van der Waals surface area contributed by atoms with Gasteiger partial charge in [-0.1, -0.05) is 6.92 Å². The Balaban J connectivity index is 1.95. The zero-order valence-electron chi connectivity index (χ0n) is 10.4. The summed E-state index contributed by atoms with van der Waals surface area (Å²) < 4.78 is 0. The lowest BCUT2D eigenvalue weighted by Gasteiger charge is -2.26. The molecule has 4 nitrogen and oxygen atoms in total. The van der Waals surface area contributed by atoms with Crippen molar-refractivity contribution in [3.63, 3.8) is 0 Å². The number of nitrogens with zero attached hydrogens (tertiary/aromatic N) is 1. The van der Waals surface area contributed by atoms with E-state index in [0.717, 1.165) is 32.2 Å². The molecular formula is C13H21NO3. The van der Waals surface area contributed by atoms with Crippen LogP contribution in [0.25, 0.3) is 0 Å². The fourth-order valence-corrected chi connectivity index (χ4v) is 3.21. The molecule has 2 aliphatic rings. The third kappa shape index (κ3) is 2.45. The number of hydrogen-bond donors (Lipinski definition) is 1. The van der Waals surface area contributed by atoms with E-state index in [1.807, 2.05) is 4.90 Å². The van der Waals surface area contributed by atoms with Crippen molar-refractivity contribution in [1.29, 1.82) is 0 Å². The van der Waals surface area contributed by atoms with Gasteiger partial charge in [0.25, 0.3) is 0 Å². The number of carbonyl (C=O) groups is 2. The molecule has 1 saturated heterocycles. The van der Waals surface area contributed by atoms with Crippen molar-refractivity contribution in [3.05, 3.63) is 0 Å². The van der Waals surface area contributed by atoms with Crippen molar-refractivity contribution >= 4 is 11.9 Å². The zero-order valence-corrected chi connectivity index (χ0v) is 10.4. The lowest BCUT2D eigenvalue weighted by molar-refractivity contribution is -0.141. The quantitative estimate of drug-likeness (QED) is 0.818. The smallest absolute Gasteiger partial charge is 0.306 e. The molecule has 2 fully saturated rings. The Kier molecular flexibility index (Phi) is 3.69. The van der Waals surface area contributed by atoms with Gasteiger partial charge in [-0.2, -0.15) is 0 Å². The van der Waals surface area contributed by atoms with E-state index in [0.29, 0.717) is 18.9 Å². The van der Waals surface area contributed by atoms with Crippen LogP contribution in [0.5, 0.6) is 0 Å². The highest BCUT2D eigenvalue weighted by Gasteiger charge is 2.38. The molecule has 96 valence electrons. The van der Waals surface area contributed by atoms with Gasteiger partial charge in [-0.3, -0.25) is 9.59 Å². The molecule has 0 aromatic carbocycles. The summed E-state index contributed by atoms with van der Waals surface area (Å²) in [6, 6.07) is 0.395. The van der Waals surface area contributed by atoms with E-state index in [9.17, 15) is 9.59 Å². The summed E-state index contributed by atoms with van der Waals surface area (Å²) in [5.41, 5.74) is 0. The molecule has 2 rings (SSSR count). The molecule has 1 aliphatic carbocycles. The second kappa shape index (κ2) is 5.07. The summed E-state index contributed by atoms with van der Waals surface area (Å²) in [6.07, 6.45) is 5.18. The summed E-state index contributed by atoms with van der Waals surface area (Å²) in [5, 5.41) is 8.95. The van der Waals surface area contributed by atoms with Crippen LogP contribution in [-0.4, -0.2) is 34.5 Å². The number of rotatable bonds is 3. The SMILES string of the molecule is CCC1CCCN1C(=O)[C@@H]1CC[C@H](C(=O)O)C1. The number of aliphatic carboxylic acids is 1. The van der Waals surface area contributed by atoms with Crippen molar-refractivity contribution in [2.75, 3.05) is 6.54 Å². The molecule has 17 heavy (non-hydrogen) atoms. The second-order valence-electron chi connectivity index (χ2n) is 5.28. The summed E-state index contributed by atoms with van der Waals surface area (Å²) >= 11 is 0. The maximum Gasteiger partial charge on any atom is 0.306 e. The first-order valence-corrected chi connectivity index (χ1v) is 6.66. The van der Waals surface area contributed by atoms with E-state index in [-0.39, 0.29) is 17.7 Å². The molecule has 1 unspecified atom stereocenters. The van der Waals surface area contributed by atoms with E-state index < -0.39 is 5.97 Å². The van der Waals surface area contributed by atoms with E-state index >= 15 is 0 Å². The maximum atomic E-state index is 12.3. The highest BCUT2D eigenvalue weighted by atomic mass is 16.4. The fraction of sp³-hybridized carbons (Fsp3) is 0.846. The van der Waals surface area contributed by atoms with Gasteiger partial charge in [0.15, 0.2) is 0 Å². The molecule has 0 radical (unpaired) electrons. The van der Waals surface area contributed by atoms with Crippen molar-refractivity contribution in [3.8, 4) is 0 Å². The van der Waals surface area contributed by atoms with Gasteiger partial charge in [-0.15, -0.1) is 0 Å². The molecule has 1 amide bonds. The highest BCUT2D eigenvalue weighted by Crippen LogP contribution is 2.34. The van der Waals surface area contributed by atoms with Gasteiger partial charge in [0, 0.05) is 18.5 Å². The number of carboxylic acid groups (broad SMARTS) is 1. The van der Waals surface area contributed by atoms with Crippen molar-refractivity contribution in [2.24, 2.45) is 11.8 Å². The van der Waals surface area contributed by atoms with Crippen molar-refractivity contribution < 1.29 is 14.7 Å². The Morgan fingerprint density at radius 2 is 1.94 bits per heavy atom. The average molecular weight is 239 g/mol. The Hall–Kier alpha value is -1.06. The number of likely N-dealkylation sites (tertiary alicyclic amines) is 1. The predicted molar refractivity (Wildman–Crippen MR) is 63.5 cm³/mol. The first kappa shape index (κ1) is 12.4. The van der Waals surface area contributed by atoms with E-state index in [1.165, 1.54) is 0 Å². The van der Waals surface area contributed by atoms with Crippen LogP contribution < -0.4 is 0 Å². The minimum Gasteiger partial charge on any atom is -0.481 e. The fourth-order valence-electron chi connectivity index (χ4n) is 3.21. The average Bonchev–Trinajstić information content (AvgIpc) is 2.96. The minimum atomic E-state index is -0.742. The standard InChI is InChI=1S/C13H21NO3/c1-2-11-4-3-7-14(11)12(15)9-5-6-10(8-9)13(16)17/h9-11H,2-8H2,1H3,(H,16,17)/t9-,10+,11?/m1/s1. The van der Waals surface area contributed by atoms with Crippen molar-refractivity contribution in [1.82, 2.24) is 4.90 Å². The van der Waals surface area contributed by atoms with Gasteiger partial charge in [-0.25, -0.2) is 0 Å². The summed E-state index contributed by atoms with van der Waals surface area (Å²) in [5.74, 6) is -0.873. The Morgan fingerprint density at radius 1 is 1.24 bits per heavy atom. The van der Waals surface area contributed by atoms with Crippen LogP contribution in [0.3, 0.4) is 0 Å². The van der Waals surface area contributed by atoms with Gasteiger partial charge in [-0.05, 0) is 38.5 Å². The zero-order chi connectivity index (χ0) is 12.4. The summed E-state index contributed by atoms with van der Waals surface area (Å²) in [4.78, 5) is 25.2. The second-order valence-corrected chi connectivity index (χ2v) is 5.28. The number of carbonyl (C=O) groups excluding carboxylic acids is 1. The first-order chi connectivity index (χ1) is 8.13. The normalized spacial score (nSPS) is 33.0. The Labute approximate surface area is 102 Å². The Bertz CT molecular complexity index is 316. The third-order valence-electron chi connectivity index (χ3n) is 4.26. The van der Waals surface area contributed by atoms with Gasteiger partial charge >= 0.3 is 5.97 Å². The third-order valence-corrected chi connectivity index (χ3v) is 4.26. The molecule has 1 aliphatic heterocycles. The molecule has 3 atom stereocenters. The lowest BCUT2D eigenvalue weighted by Crippen LogP contribution is -2.38. The minimum absolute atomic E-state index is 0.0387. The van der Waals surface area contributed by atoms with Gasteiger partial charge in [0.1, 0.15) is 0 Å². The van der Waals surface area contributed by atoms with E-state index in [2.05, 4.69) is 6.92 Å². The monoisotopic (exact) mass is 239 g/mol. The van der Waals surface area contributed by atoms with Crippen LogP contribution in [0.15, 0.2) is 0 Å². The summed E-state index contributed by atoms with van der Waals surface area (Å²) in [7, 11) is 0. The molecule has 1 heterocycles. The van der Waals surface area contributed by atoms with Gasteiger partial charge in [0.05, 0.1) is 5.92 Å². The van der Waals surface area contributed by atoms with E-state index in [1.54, 1.807) is 0 Å². The molecule has 1 N–H and O–H groups in total. The van der Waals surface area contributed by atoms with Crippen LogP contribution in [0.1, 0.15) is 45.4 Å². The van der Waals surface area contributed by atoms with Crippen LogP contribution in [-0.2, 0) is 9.59 Å². The van der Waals surface area contributed by atoms with Crippen LogP contribution in [0.2, 0.25) is 0 Å². The molecule has 0 aromatic heterocycles. The molecule has 0 spiro atoms. The molecule has 0 aromatic rings. The summed E-state index contributed by atoms with van der Waals surface area (Å²) in [6.45, 7) is 2.98. The topological polar surface area (TPSA) is 57.6 Å². The van der Waals surface area contributed by atoms with Crippen molar-refractivity contribution in [2.45, 2.75) is 51.5 Å². The highest BCUT2D eigenvalue weighted by molar-refractivity contribution is 5.81. The number of carboxylic acids is 1. The first-order valence-electron chi connectivity index (χ1n) is 6.66. The Morgan fingerprint density at radius 3 is 2.53 bits per heavy atom. The predicted octanol–water partition coefficient (Wildman–Crippen LogP) is 1.89. The molecule has 0 bridgehead atoms. The van der Waals surface area contributed by atoms with Crippen LogP contribution >= 0.6 is 0 Å². The maximum absolute atomic E-state index is 12.3. The largest absolute Gasteiger partial charge is 0.481 e. The van der Waals surface area contributed by atoms with Gasteiger partial charge < -0.3 is 10.0 Å². The number of hydrogen-bond acceptors (Lipinski definition) is 2. The lowest BCUT2D eigenvalue weighted by atomic mass is 10.0. The van der Waals surface area contributed by atoms with E-state index in [4.69, 9.17) is 5.11 Å². The van der Waals surface area contributed by atoms with Gasteiger partial charge in [0.2, 0.25) is 5.91 Å². The van der Waals surface area contributed by atoms with Crippen LogP contribution in [0, 0.1) is 11.8 Å². The van der Waals surface area contributed by atoms with Crippen LogP contribution in [0.4, 0.5) is 0 Å². The molecule has 1 saturated carbocycles. The molecule has 4 heteroatoms.